The van der Waals surface area contributed by atoms with Crippen molar-refractivity contribution < 1.29 is 4.39 Å². The van der Waals surface area contributed by atoms with Gasteiger partial charge < -0.3 is 0 Å². The number of nitrogens with two attached hydrogens (primary N) is 1. The van der Waals surface area contributed by atoms with Crippen molar-refractivity contribution in [3.63, 3.8) is 0 Å². The monoisotopic (exact) mass is 332 g/mol. The summed E-state index contributed by atoms with van der Waals surface area (Å²) in [5.41, 5.74) is 4.31. The minimum absolute atomic E-state index is 0.0791. The van der Waals surface area contributed by atoms with Crippen LogP contribution in [0.3, 0.4) is 0 Å². The van der Waals surface area contributed by atoms with Crippen molar-refractivity contribution >= 4 is 34.8 Å². The molecule has 0 amide bonds. The SMILES string of the molecule is NNC(Cc1ccc(F)c(Cl)c1)c1cc(Cl)ccc1Cl. The standard InChI is InChI=1S/C14H12Cl3FN2/c15-9-2-3-11(16)10(7-9)14(20-19)6-8-1-4-13(18)12(17)5-8/h1-5,7,14,20H,6,19H2. The van der Waals surface area contributed by atoms with Crippen molar-refractivity contribution in [2.24, 2.45) is 5.84 Å². The highest BCUT2D eigenvalue weighted by atomic mass is 35.5. The quantitative estimate of drug-likeness (QED) is 0.637. The number of benzene rings is 2. The van der Waals surface area contributed by atoms with Crippen LogP contribution in [-0.2, 0) is 6.42 Å². The molecule has 0 saturated carbocycles. The molecule has 6 heteroatoms. The Balaban J connectivity index is 2.28. The molecule has 1 atom stereocenters. The van der Waals surface area contributed by atoms with Gasteiger partial charge in [-0.05, 0) is 47.9 Å². The summed E-state index contributed by atoms with van der Waals surface area (Å²) in [5, 5.41) is 1.21. The highest BCUT2D eigenvalue weighted by Crippen LogP contribution is 2.29. The third-order valence-corrected chi connectivity index (χ3v) is 3.83. The molecule has 3 N–H and O–H groups in total. The van der Waals surface area contributed by atoms with Crippen LogP contribution in [0.25, 0.3) is 0 Å². The van der Waals surface area contributed by atoms with Gasteiger partial charge >= 0.3 is 0 Å². The third kappa shape index (κ3) is 3.62. The number of hydrogen-bond donors (Lipinski definition) is 2. The van der Waals surface area contributed by atoms with Crippen LogP contribution in [0.5, 0.6) is 0 Å². The lowest BCUT2D eigenvalue weighted by Gasteiger charge is -2.18. The van der Waals surface area contributed by atoms with Gasteiger partial charge in [-0.2, -0.15) is 0 Å². The van der Waals surface area contributed by atoms with Crippen LogP contribution in [0.1, 0.15) is 17.2 Å². The second-order valence-corrected chi connectivity index (χ2v) is 5.59. The molecule has 0 aliphatic heterocycles. The van der Waals surface area contributed by atoms with Gasteiger partial charge in [0.05, 0.1) is 11.1 Å². The minimum Gasteiger partial charge on any atom is -0.271 e. The van der Waals surface area contributed by atoms with Gasteiger partial charge in [0, 0.05) is 10.0 Å². The van der Waals surface area contributed by atoms with Crippen LogP contribution in [0, 0.1) is 5.82 Å². The molecule has 20 heavy (non-hydrogen) atoms. The summed E-state index contributed by atoms with van der Waals surface area (Å²) in [5.74, 6) is 5.13. The zero-order valence-corrected chi connectivity index (χ0v) is 12.6. The topological polar surface area (TPSA) is 38.0 Å². The maximum Gasteiger partial charge on any atom is 0.141 e. The van der Waals surface area contributed by atoms with Crippen LogP contribution in [-0.4, -0.2) is 0 Å². The Morgan fingerprint density at radius 3 is 2.45 bits per heavy atom. The van der Waals surface area contributed by atoms with Gasteiger partial charge in [0.2, 0.25) is 0 Å². The molecule has 0 aromatic heterocycles. The van der Waals surface area contributed by atoms with Crippen LogP contribution in [0.4, 0.5) is 4.39 Å². The zero-order valence-electron chi connectivity index (χ0n) is 10.3. The molecule has 0 aliphatic carbocycles. The largest absolute Gasteiger partial charge is 0.271 e. The average molecular weight is 334 g/mol. The summed E-state index contributed by atoms with van der Waals surface area (Å²) in [6.07, 6.45) is 0.510. The van der Waals surface area contributed by atoms with E-state index in [1.807, 2.05) is 0 Å². The van der Waals surface area contributed by atoms with E-state index in [4.69, 9.17) is 40.6 Å². The molecule has 0 radical (unpaired) electrons. The van der Waals surface area contributed by atoms with Gasteiger partial charge in [0.25, 0.3) is 0 Å². The first-order chi connectivity index (χ1) is 9.51. The molecule has 0 heterocycles. The molecule has 2 aromatic carbocycles. The van der Waals surface area contributed by atoms with Crippen molar-refractivity contribution in [2.75, 3.05) is 0 Å². The Bertz CT molecular complexity index is 619. The first-order valence-corrected chi connectivity index (χ1v) is 6.99. The van der Waals surface area contributed by atoms with Crippen LogP contribution >= 0.6 is 34.8 Å². The first kappa shape index (κ1) is 15.5. The van der Waals surface area contributed by atoms with Crippen molar-refractivity contribution in [3.8, 4) is 0 Å². The Morgan fingerprint density at radius 2 is 1.80 bits per heavy atom. The van der Waals surface area contributed by atoms with E-state index in [1.165, 1.54) is 6.07 Å². The highest BCUT2D eigenvalue weighted by Gasteiger charge is 2.15. The molecule has 106 valence electrons. The predicted molar refractivity (Wildman–Crippen MR) is 81.6 cm³/mol. The van der Waals surface area contributed by atoms with E-state index in [0.29, 0.717) is 16.5 Å². The van der Waals surface area contributed by atoms with Gasteiger partial charge in [-0.15, -0.1) is 0 Å². The van der Waals surface area contributed by atoms with Gasteiger partial charge in [0.15, 0.2) is 0 Å². The minimum atomic E-state index is -0.450. The molecule has 0 saturated heterocycles. The second kappa shape index (κ2) is 6.74. The number of hydrazine groups is 1. The predicted octanol–water partition coefficient (Wildman–Crippen LogP) is 4.53. The maximum absolute atomic E-state index is 13.1. The number of halogens is 4. The molecule has 0 fully saturated rings. The number of hydrogen-bond acceptors (Lipinski definition) is 2. The molecule has 2 rings (SSSR count). The van der Waals surface area contributed by atoms with Crippen LogP contribution < -0.4 is 11.3 Å². The molecule has 2 nitrogen and oxygen atoms in total. The van der Waals surface area contributed by atoms with Crippen LogP contribution in [0.15, 0.2) is 36.4 Å². The van der Waals surface area contributed by atoms with Gasteiger partial charge in [0.1, 0.15) is 5.82 Å². The second-order valence-electron chi connectivity index (χ2n) is 4.34. The van der Waals surface area contributed by atoms with E-state index in [0.717, 1.165) is 11.1 Å². The fourth-order valence-electron chi connectivity index (χ4n) is 1.94. The normalized spacial score (nSPS) is 12.4. The van der Waals surface area contributed by atoms with E-state index < -0.39 is 5.82 Å². The van der Waals surface area contributed by atoms with Crippen molar-refractivity contribution in [2.45, 2.75) is 12.5 Å². The van der Waals surface area contributed by atoms with E-state index in [9.17, 15) is 4.39 Å². The maximum atomic E-state index is 13.1. The van der Waals surface area contributed by atoms with Gasteiger partial charge in [-0.1, -0.05) is 40.9 Å². The van der Waals surface area contributed by atoms with Crippen LogP contribution in [0.2, 0.25) is 15.1 Å². The average Bonchev–Trinajstić information content (AvgIpc) is 2.43. The lowest BCUT2D eigenvalue weighted by atomic mass is 9.99. The Hall–Kier alpha value is -0.840. The zero-order chi connectivity index (χ0) is 14.7. The summed E-state index contributed by atoms with van der Waals surface area (Å²) in [6, 6.07) is 9.47. The fraction of sp³-hybridized carbons (Fsp3) is 0.143. The van der Waals surface area contributed by atoms with E-state index in [1.54, 1.807) is 30.3 Å². The summed E-state index contributed by atoms with van der Waals surface area (Å²) in [6.45, 7) is 0. The molecule has 1 unspecified atom stereocenters. The summed E-state index contributed by atoms with van der Waals surface area (Å²) in [7, 11) is 0. The van der Waals surface area contributed by atoms with Gasteiger partial charge in [-0.25, -0.2) is 4.39 Å². The Kier molecular flexibility index (Phi) is 5.24. The van der Waals surface area contributed by atoms with Crippen molar-refractivity contribution in [1.82, 2.24) is 5.43 Å². The van der Waals surface area contributed by atoms with E-state index in [-0.39, 0.29) is 11.1 Å². The Morgan fingerprint density at radius 1 is 1.05 bits per heavy atom. The molecular weight excluding hydrogens is 322 g/mol. The van der Waals surface area contributed by atoms with E-state index in [2.05, 4.69) is 5.43 Å². The fourth-order valence-corrected chi connectivity index (χ4v) is 2.58. The summed E-state index contributed by atoms with van der Waals surface area (Å²) >= 11 is 17.9. The lowest BCUT2D eigenvalue weighted by molar-refractivity contribution is 0.551. The smallest absolute Gasteiger partial charge is 0.141 e. The Labute approximate surface area is 131 Å². The van der Waals surface area contributed by atoms with Crippen molar-refractivity contribution in [1.29, 1.82) is 0 Å². The molecule has 0 bridgehead atoms. The lowest BCUT2D eigenvalue weighted by Crippen LogP contribution is -2.29. The summed E-state index contributed by atoms with van der Waals surface area (Å²) in [4.78, 5) is 0. The third-order valence-electron chi connectivity index (χ3n) is 2.96. The van der Waals surface area contributed by atoms with E-state index >= 15 is 0 Å². The van der Waals surface area contributed by atoms with Crippen molar-refractivity contribution in [3.05, 3.63) is 68.4 Å². The molecular formula is C14H12Cl3FN2. The molecule has 0 spiro atoms. The first-order valence-electron chi connectivity index (χ1n) is 5.86. The molecule has 0 aliphatic rings. The molecule has 2 aromatic rings. The van der Waals surface area contributed by atoms with Gasteiger partial charge in [-0.3, -0.25) is 11.3 Å². The highest BCUT2D eigenvalue weighted by molar-refractivity contribution is 6.33. The number of rotatable bonds is 4. The summed E-state index contributed by atoms with van der Waals surface area (Å²) < 4.78 is 13.1. The number of nitrogens with one attached hydrogen (secondary N) is 1.